The molecule has 1 saturated heterocycles. The molecule has 1 N–H and O–H groups in total. The first-order chi connectivity index (χ1) is 14.7. The molecule has 0 aliphatic carbocycles. The Kier molecular flexibility index (Phi) is 9.51. The third-order valence-electron chi connectivity index (χ3n) is 6.41. The number of hydrogen-bond donors (Lipinski definition) is 1. The molecule has 0 amide bonds. The van der Waals surface area contributed by atoms with Crippen molar-refractivity contribution in [1.29, 1.82) is 0 Å². The molecule has 1 unspecified atom stereocenters. The minimum Gasteiger partial charge on any atom is -0.481 e. The summed E-state index contributed by atoms with van der Waals surface area (Å²) < 4.78 is 5.85. The number of nitrogens with zero attached hydrogens (tertiary/aromatic N) is 1. The fourth-order valence-corrected chi connectivity index (χ4v) is 4.77. The second-order valence-corrected chi connectivity index (χ2v) is 9.23. The van der Waals surface area contributed by atoms with Gasteiger partial charge in [-0.25, -0.2) is 0 Å². The van der Waals surface area contributed by atoms with E-state index >= 15 is 0 Å². The fraction of sp³-hybridized carbons (Fsp3) is 0.680. The molecule has 174 valence electrons. The first kappa shape index (κ1) is 25.3. The Bertz CT molecular complexity index is 699. The average Bonchev–Trinajstić information content (AvgIpc) is 2.72. The second kappa shape index (κ2) is 11.6. The van der Waals surface area contributed by atoms with E-state index in [1.165, 1.54) is 5.56 Å². The lowest BCUT2D eigenvalue weighted by atomic mass is 9.75. The van der Waals surface area contributed by atoms with Gasteiger partial charge in [0.2, 0.25) is 0 Å². The summed E-state index contributed by atoms with van der Waals surface area (Å²) in [7, 11) is 0. The maximum Gasteiger partial charge on any atom is 0.306 e. The van der Waals surface area contributed by atoms with Gasteiger partial charge in [-0.15, -0.1) is 0 Å². The molecule has 1 aliphatic rings. The minimum absolute atomic E-state index is 0.0911. The second-order valence-electron chi connectivity index (χ2n) is 9.23. The van der Waals surface area contributed by atoms with E-state index in [9.17, 15) is 9.59 Å². The zero-order valence-electron chi connectivity index (χ0n) is 19.6. The van der Waals surface area contributed by atoms with Crippen LogP contribution >= 0.6 is 0 Å². The maximum atomic E-state index is 12.4. The number of hydrogen-bond acceptors (Lipinski definition) is 5. The topological polar surface area (TPSA) is 76.1 Å². The molecular weight excluding hydrogens is 394 g/mol. The quantitative estimate of drug-likeness (QED) is 0.363. The van der Waals surface area contributed by atoms with Gasteiger partial charge in [-0.2, -0.15) is 5.06 Å². The van der Waals surface area contributed by atoms with Gasteiger partial charge >= 0.3 is 11.9 Å². The van der Waals surface area contributed by atoms with Crippen molar-refractivity contribution in [3.05, 3.63) is 35.9 Å². The van der Waals surface area contributed by atoms with Crippen LogP contribution in [0.2, 0.25) is 0 Å². The van der Waals surface area contributed by atoms with Gasteiger partial charge in [-0.3, -0.25) is 14.4 Å². The SMILES string of the molecule is CCC1(CC)CC(OC(=O)CCCCC(=O)O)CC(C)(C)N1OCCc1ccccc1. The Morgan fingerprint density at radius 1 is 1.06 bits per heavy atom. The number of piperidine rings is 1. The van der Waals surface area contributed by atoms with Crippen LogP contribution in [0.5, 0.6) is 0 Å². The number of aliphatic carboxylic acids is 1. The summed E-state index contributed by atoms with van der Waals surface area (Å²) in [6, 6.07) is 10.3. The Labute approximate surface area is 186 Å². The van der Waals surface area contributed by atoms with E-state index in [0.29, 0.717) is 25.9 Å². The van der Waals surface area contributed by atoms with E-state index in [2.05, 4.69) is 44.9 Å². The van der Waals surface area contributed by atoms with E-state index < -0.39 is 5.97 Å². The number of ether oxygens (including phenoxy) is 1. The van der Waals surface area contributed by atoms with Crippen molar-refractivity contribution in [2.75, 3.05) is 6.61 Å². The molecule has 6 heteroatoms. The van der Waals surface area contributed by atoms with Crippen molar-refractivity contribution in [2.24, 2.45) is 0 Å². The Morgan fingerprint density at radius 2 is 1.71 bits per heavy atom. The molecule has 0 spiro atoms. The summed E-state index contributed by atoms with van der Waals surface area (Å²) in [5.41, 5.74) is 0.799. The highest BCUT2D eigenvalue weighted by molar-refractivity contribution is 5.70. The molecule has 0 aromatic heterocycles. The summed E-state index contributed by atoms with van der Waals surface area (Å²) in [5.74, 6) is -1.06. The first-order valence-corrected chi connectivity index (χ1v) is 11.6. The number of carboxylic acids is 1. The van der Waals surface area contributed by atoms with Crippen LogP contribution in [-0.2, 0) is 25.6 Å². The van der Waals surface area contributed by atoms with Crippen molar-refractivity contribution in [1.82, 2.24) is 5.06 Å². The van der Waals surface area contributed by atoms with Gasteiger partial charge < -0.3 is 9.84 Å². The van der Waals surface area contributed by atoms with E-state index in [1.54, 1.807) is 0 Å². The molecule has 1 aromatic carbocycles. The summed E-state index contributed by atoms with van der Waals surface area (Å²) >= 11 is 0. The van der Waals surface area contributed by atoms with Gasteiger partial charge in [0, 0.05) is 36.8 Å². The monoisotopic (exact) mass is 433 g/mol. The number of esters is 1. The van der Waals surface area contributed by atoms with Crippen LogP contribution in [0.4, 0.5) is 0 Å². The maximum absolute atomic E-state index is 12.4. The summed E-state index contributed by atoms with van der Waals surface area (Å²) in [6.45, 7) is 9.26. The van der Waals surface area contributed by atoms with E-state index in [-0.39, 0.29) is 36.0 Å². The molecule has 6 nitrogen and oxygen atoms in total. The predicted octanol–water partition coefficient (Wildman–Crippen LogP) is 5.15. The number of carboxylic acid groups (broad SMARTS) is 1. The number of carbonyl (C=O) groups excluding carboxylic acids is 1. The third-order valence-corrected chi connectivity index (χ3v) is 6.41. The molecule has 0 saturated carbocycles. The molecule has 1 heterocycles. The normalized spacial score (nSPS) is 20.3. The number of carbonyl (C=O) groups is 2. The van der Waals surface area contributed by atoms with Crippen molar-refractivity contribution in [3.8, 4) is 0 Å². The lowest BCUT2D eigenvalue weighted by Gasteiger charge is -2.55. The minimum atomic E-state index is -0.828. The largest absolute Gasteiger partial charge is 0.481 e. The highest BCUT2D eigenvalue weighted by atomic mass is 16.7. The van der Waals surface area contributed by atoms with Crippen LogP contribution in [0.3, 0.4) is 0 Å². The molecule has 1 atom stereocenters. The highest BCUT2D eigenvalue weighted by Crippen LogP contribution is 2.44. The van der Waals surface area contributed by atoms with Gasteiger partial charge in [0.05, 0.1) is 6.61 Å². The molecule has 1 aromatic rings. The molecule has 31 heavy (non-hydrogen) atoms. The predicted molar refractivity (Wildman–Crippen MR) is 121 cm³/mol. The number of hydroxylamine groups is 2. The van der Waals surface area contributed by atoms with Gasteiger partial charge in [-0.05, 0) is 51.5 Å². The average molecular weight is 434 g/mol. The van der Waals surface area contributed by atoms with Gasteiger partial charge in [0.1, 0.15) is 6.10 Å². The van der Waals surface area contributed by atoms with E-state index in [0.717, 1.165) is 25.7 Å². The first-order valence-electron chi connectivity index (χ1n) is 11.6. The molecule has 1 fully saturated rings. The number of rotatable bonds is 12. The van der Waals surface area contributed by atoms with Crippen LogP contribution < -0.4 is 0 Å². The summed E-state index contributed by atoms with van der Waals surface area (Å²) in [5, 5.41) is 10.9. The highest BCUT2D eigenvalue weighted by Gasteiger charge is 2.50. The summed E-state index contributed by atoms with van der Waals surface area (Å²) in [6.07, 6.45) is 5.37. The Balaban J connectivity index is 1.97. The zero-order chi connectivity index (χ0) is 22.9. The van der Waals surface area contributed by atoms with E-state index in [1.807, 2.05) is 18.2 Å². The van der Waals surface area contributed by atoms with Crippen LogP contribution in [0, 0.1) is 0 Å². The van der Waals surface area contributed by atoms with Crippen LogP contribution in [0.25, 0.3) is 0 Å². The lowest BCUT2D eigenvalue weighted by molar-refractivity contribution is -0.303. The fourth-order valence-electron chi connectivity index (χ4n) is 4.77. The van der Waals surface area contributed by atoms with Crippen LogP contribution in [-0.4, -0.2) is 45.9 Å². The smallest absolute Gasteiger partial charge is 0.306 e. The van der Waals surface area contributed by atoms with Gasteiger partial charge in [0.15, 0.2) is 0 Å². The summed E-state index contributed by atoms with van der Waals surface area (Å²) in [4.78, 5) is 29.4. The van der Waals surface area contributed by atoms with Crippen molar-refractivity contribution >= 4 is 11.9 Å². The van der Waals surface area contributed by atoms with Gasteiger partial charge in [0.25, 0.3) is 0 Å². The Morgan fingerprint density at radius 3 is 2.32 bits per heavy atom. The van der Waals surface area contributed by atoms with Crippen molar-refractivity contribution in [3.63, 3.8) is 0 Å². The lowest BCUT2D eigenvalue weighted by Crippen LogP contribution is -2.64. The van der Waals surface area contributed by atoms with Crippen LogP contribution in [0.1, 0.15) is 84.6 Å². The van der Waals surface area contributed by atoms with Crippen LogP contribution in [0.15, 0.2) is 30.3 Å². The van der Waals surface area contributed by atoms with Crippen molar-refractivity contribution in [2.45, 2.75) is 103 Å². The molecule has 2 rings (SSSR count). The van der Waals surface area contributed by atoms with E-state index in [4.69, 9.17) is 14.7 Å². The molecule has 0 radical (unpaired) electrons. The Hall–Kier alpha value is -1.92. The van der Waals surface area contributed by atoms with Gasteiger partial charge in [-0.1, -0.05) is 44.2 Å². The molecular formula is C25H39NO5. The zero-order valence-corrected chi connectivity index (χ0v) is 19.6. The molecule has 1 aliphatic heterocycles. The molecule has 0 bridgehead atoms. The third kappa shape index (κ3) is 7.32. The standard InChI is InChI=1S/C25H39NO5/c1-5-25(6-2)19-21(31-23(29)15-11-10-14-22(27)28)18-24(3,4)26(25)30-17-16-20-12-8-7-9-13-20/h7-9,12-13,21H,5-6,10-11,14-19H2,1-4H3,(H,27,28). The number of benzene rings is 1. The van der Waals surface area contributed by atoms with Crippen molar-refractivity contribution < 1.29 is 24.3 Å². The number of unbranched alkanes of at least 4 members (excludes halogenated alkanes) is 1.